The fraction of sp³-hybridized carbons (Fsp3) is 0.500. The van der Waals surface area contributed by atoms with Gasteiger partial charge in [-0.15, -0.1) is 0 Å². The van der Waals surface area contributed by atoms with E-state index in [1.165, 1.54) is 0 Å². The Morgan fingerprint density at radius 1 is 1.53 bits per heavy atom. The lowest BCUT2D eigenvalue weighted by Gasteiger charge is -2.15. The molecule has 1 aromatic rings. The van der Waals surface area contributed by atoms with Gasteiger partial charge in [-0.3, -0.25) is 4.90 Å². The minimum absolute atomic E-state index is 0.146. The number of aliphatic hydroxyl groups excluding tert-OH is 1. The first-order valence-electron chi connectivity index (χ1n) is 5.30. The molecule has 0 spiro atoms. The molecule has 1 aromatic carbocycles. The number of benzene rings is 1. The van der Waals surface area contributed by atoms with Gasteiger partial charge in [0.1, 0.15) is 5.82 Å². The van der Waals surface area contributed by atoms with Crippen LogP contribution in [0.2, 0.25) is 0 Å². The molecule has 1 fully saturated rings. The van der Waals surface area contributed by atoms with Crippen molar-refractivity contribution in [2.75, 3.05) is 13.1 Å². The first-order valence-corrected chi connectivity index (χ1v) is 5.30. The van der Waals surface area contributed by atoms with Crippen LogP contribution in [0.5, 0.6) is 0 Å². The molecule has 1 saturated heterocycles. The molecule has 3 heteroatoms. The van der Waals surface area contributed by atoms with E-state index in [0.29, 0.717) is 12.1 Å². The highest BCUT2D eigenvalue weighted by Gasteiger charge is 2.19. The van der Waals surface area contributed by atoms with E-state index in [4.69, 9.17) is 0 Å². The van der Waals surface area contributed by atoms with Crippen LogP contribution >= 0.6 is 0 Å². The van der Waals surface area contributed by atoms with Gasteiger partial charge in [0.2, 0.25) is 0 Å². The van der Waals surface area contributed by atoms with E-state index in [9.17, 15) is 9.50 Å². The number of likely N-dealkylation sites (tertiary alicyclic amines) is 1. The number of hydrogen-bond donors (Lipinski definition) is 1. The largest absolute Gasteiger partial charge is 0.392 e. The molecule has 2 rings (SSSR count). The van der Waals surface area contributed by atoms with Crippen molar-refractivity contribution >= 4 is 0 Å². The van der Waals surface area contributed by atoms with Crippen LogP contribution in [0.4, 0.5) is 4.39 Å². The summed E-state index contributed by atoms with van der Waals surface area (Å²) in [6.45, 7) is 4.10. The molecule has 1 aliphatic rings. The minimum Gasteiger partial charge on any atom is -0.392 e. The highest BCUT2D eigenvalue weighted by molar-refractivity contribution is 5.23. The lowest BCUT2D eigenvalue weighted by Crippen LogP contribution is -2.21. The van der Waals surface area contributed by atoms with Gasteiger partial charge >= 0.3 is 0 Å². The standard InChI is InChI=1S/C12H16FNO/c1-9-2-3-10(6-12(9)13)7-14-5-4-11(15)8-14/h2-3,6,11,15H,4-5,7-8H2,1H3/t11-/m0/s1. The number of rotatable bonds is 2. The number of hydrogen-bond acceptors (Lipinski definition) is 2. The van der Waals surface area contributed by atoms with Crippen molar-refractivity contribution in [1.29, 1.82) is 0 Å². The Morgan fingerprint density at radius 3 is 2.93 bits per heavy atom. The minimum atomic E-state index is -0.208. The summed E-state index contributed by atoms with van der Waals surface area (Å²) in [4.78, 5) is 2.15. The zero-order valence-corrected chi connectivity index (χ0v) is 8.91. The Labute approximate surface area is 89.3 Å². The van der Waals surface area contributed by atoms with Gasteiger partial charge in [-0.25, -0.2) is 4.39 Å². The van der Waals surface area contributed by atoms with Crippen LogP contribution in [0, 0.1) is 12.7 Å². The van der Waals surface area contributed by atoms with E-state index >= 15 is 0 Å². The van der Waals surface area contributed by atoms with Crippen molar-refractivity contribution in [3.8, 4) is 0 Å². The summed E-state index contributed by atoms with van der Waals surface area (Å²) in [7, 11) is 0. The monoisotopic (exact) mass is 209 g/mol. The molecule has 15 heavy (non-hydrogen) atoms. The van der Waals surface area contributed by atoms with Crippen LogP contribution in [0.25, 0.3) is 0 Å². The average Bonchev–Trinajstić information content (AvgIpc) is 2.58. The first-order chi connectivity index (χ1) is 7.15. The van der Waals surface area contributed by atoms with Crippen LogP contribution in [0.15, 0.2) is 18.2 Å². The SMILES string of the molecule is Cc1ccc(CN2CC[C@H](O)C2)cc1F. The Balaban J connectivity index is 2.02. The third kappa shape index (κ3) is 2.55. The van der Waals surface area contributed by atoms with Gasteiger partial charge in [0.25, 0.3) is 0 Å². The van der Waals surface area contributed by atoms with Crippen molar-refractivity contribution in [2.45, 2.75) is 26.0 Å². The molecule has 0 bridgehead atoms. The Bertz CT molecular complexity index is 353. The maximum absolute atomic E-state index is 13.3. The molecular formula is C12H16FNO. The van der Waals surface area contributed by atoms with Crippen molar-refractivity contribution < 1.29 is 9.50 Å². The Morgan fingerprint density at radius 2 is 2.33 bits per heavy atom. The third-order valence-electron chi connectivity index (χ3n) is 2.89. The van der Waals surface area contributed by atoms with Crippen LogP contribution in [-0.2, 0) is 6.54 Å². The number of aliphatic hydroxyl groups is 1. The van der Waals surface area contributed by atoms with Crippen LogP contribution in [0.3, 0.4) is 0 Å². The summed E-state index contributed by atoms with van der Waals surface area (Å²) in [6.07, 6.45) is 0.620. The molecule has 1 aliphatic heterocycles. The van der Waals surface area contributed by atoms with E-state index in [0.717, 1.165) is 25.1 Å². The van der Waals surface area contributed by atoms with Gasteiger partial charge in [-0.1, -0.05) is 12.1 Å². The van der Waals surface area contributed by atoms with E-state index in [1.54, 1.807) is 19.1 Å². The van der Waals surface area contributed by atoms with Gasteiger partial charge in [0.05, 0.1) is 6.10 Å². The highest BCUT2D eigenvalue weighted by atomic mass is 19.1. The second-order valence-corrected chi connectivity index (χ2v) is 4.26. The highest BCUT2D eigenvalue weighted by Crippen LogP contribution is 2.15. The second kappa shape index (κ2) is 4.29. The molecule has 0 aromatic heterocycles. The van der Waals surface area contributed by atoms with E-state index in [1.807, 2.05) is 6.07 Å². The van der Waals surface area contributed by atoms with Crippen LogP contribution in [0.1, 0.15) is 17.5 Å². The smallest absolute Gasteiger partial charge is 0.126 e. The Hall–Kier alpha value is -0.930. The number of halogens is 1. The lowest BCUT2D eigenvalue weighted by atomic mass is 10.1. The number of aryl methyl sites for hydroxylation is 1. The molecule has 1 heterocycles. The zero-order chi connectivity index (χ0) is 10.8. The van der Waals surface area contributed by atoms with E-state index in [2.05, 4.69) is 4.90 Å². The van der Waals surface area contributed by atoms with Crippen LogP contribution < -0.4 is 0 Å². The molecule has 0 amide bonds. The van der Waals surface area contributed by atoms with Gasteiger partial charge < -0.3 is 5.11 Å². The van der Waals surface area contributed by atoms with Crippen molar-refractivity contribution in [3.63, 3.8) is 0 Å². The van der Waals surface area contributed by atoms with Crippen LogP contribution in [-0.4, -0.2) is 29.2 Å². The molecule has 0 unspecified atom stereocenters. The summed E-state index contributed by atoms with van der Waals surface area (Å²) in [5.74, 6) is -0.146. The van der Waals surface area contributed by atoms with E-state index < -0.39 is 0 Å². The normalized spacial score (nSPS) is 22.2. The second-order valence-electron chi connectivity index (χ2n) is 4.26. The molecule has 82 valence electrons. The summed E-state index contributed by atoms with van der Waals surface area (Å²) in [5, 5.41) is 9.36. The van der Waals surface area contributed by atoms with Gasteiger partial charge in [0, 0.05) is 19.6 Å². The van der Waals surface area contributed by atoms with E-state index in [-0.39, 0.29) is 11.9 Å². The zero-order valence-electron chi connectivity index (χ0n) is 8.91. The molecular weight excluding hydrogens is 193 g/mol. The van der Waals surface area contributed by atoms with Crippen molar-refractivity contribution in [1.82, 2.24) is 4.90 Å². The summed E-state index contributed by atoms with van der Waals surface area (Å²) in [6, 6.07) is 5.33. The predicted molar refractivity (Wildman–Crippen MR) is 57.0 cm³/mol. The summed E-state index contributed by atoms with van der Waals surface area (Å²) < 4.78 is 13.3. The fourth-order valence-corrected chi connectivity index (χ4v) is 1.95. The molecule has 1 atom stereocenters. The van der Waals surface area contributed by atoms with Gasteiger partial charge in [-0.2, -0.15) is 0 Å². The van der Waals surface area contributed by atoms with Gasteiger partial charge in [0.15, 0.2) is 0 Å². The number of β-amino-alcohol motifs (C(OH)–C–C–N with tert-alkyl or cyclic N) is 1. The fourth-order valence-electron chi connectivity index (χ4n) is 1.95. The molecule has 1 N–H and O–H groups in total. The van der Waals surface area contributed by atoms with Gasteiger partial charge in [-0.05, 0) is 30.5 Å². The van der Waals surface area contributed by atoms with Crippen molar-refractivity contribution in [2.24, 2.45) is 0 Å². The summed E-state index contributed by atoms with van der Waals surface area (Å²) >= 11 is 0. The summed E-state index contributed by atoms with van der Waals surface area (Å²) in [5.41, 5.74) is 1.66. The molecule has 2 nitrogen and oxygen atoms in total. The number of nitrogens with zero attached hydrogens (tertiary/aromatic N) is 1. The topological polar surface area (TPSA) is 23.5 Å². The molecule has 0 radical (unpaired) electrons. The third-order valence-corrected chi connectivity index (χ3v) is 2.89. The molecule has 0 aliphatic carbocycles. The predicted octanol–water partition coefficient (Wildman–Crippen LogP) is 1.70. The maximum atomic E-state index is 13.3. The lowest BCUT2D eigenvalue weighted by molar-refractivity contribution is 0.175. The first kappa shape index (κ1) is 10.6. The average molecular weight is 209 g/mol. The Kier molecular flexibility index (Phi) is 3.03. The quantitative estimate of drug-likeness (QED) is 0.801. The maximum Gasteiger partial charge on any atom is 0.126 e. The molecule has 0 saturated carbocycles. The van der Waals surface area contributed by atoms with Crippen molar-refractivity contribution in [3.05, 3.63) is 35.1 Å².